The fourth-order valence-electron chi connectivity index (χ4n) is 7.01. The van der Waals surface area contributed by atoms with Crippen LogP contribution >= 0.6 is 11.8 Å². The molecule has 2 aromatic rings. The van der Waals surface area contributed by atoms with Crippen molar-refractivity contribution in [3.8, 4) is 0 Å². The number of unbranched alkanes of at least 4 members (excludes halogenated alkanes) is 5. The minimum absolute atomic E-state index is 0.0574. The fraction of sp³-hybridized carbons (Fsp3) is 0.581. The quantitative estimate of drug-likeness (QED) is 0.0428. The molecule has 2 fully saturated rings. The molecule has 0 spiro atoms. The highest BCUT2D eigenvalue weighted by Gasteiger charge is 2.42. The first-order valence-corrected chi connectivity index (χ1v) is 21.6. The summed E-state index contributed by atoms with van der Waals surface area (Å²) in [4.78, 5) is 52.6. The molecule has 55 heavy (non-hydrogen) atoms. The first kappa shape index (κ1) is 43.5. The first-order chi connectivity index (χ1) is 26.7. The Bertz CT molecular complexity index is 1500. The lowest BCUT2D eigenvalue weighted by atomic mass is 10.0. The van der Waals surface area contributed by atoms with Gasteiger partial charge in [-0.1, -0.05) is 55.7 Å². The van der Waals surface area contributed by atoms with E-state index in [4.69, 9.17) is 0 Å². The standard InChI is InChI=1S/C43H65N7O4S/c1-4-50(36-26-22-34(23-27-36)19-18-33-20-24-35(25-21-33)49(2)3)31-13-30-46-40(52)16-8-6-11-28-44-39(51)15-7-5-12-29-45-41(53)17-10-9-14-38-42-37(32-55-38)47-43(54)48-42/h18-27,37-38,42H,4-17,28-32H2,1-3H3,(H,44,51)(H,45,53)(H,46,52)(H2,47,48,54)/b19-18+/t37-,38-,42-/m0/s1. The summed E-state index contributed by atoms with van der Waals surface area (Å²) < 4.78 is 0. The predicted molar refractivity (Wildman–Crippen MR) is 229 cm³/mol. The van der Waals surface area contributed by atoms with Crippen LogP contribution in [-0.2, 0) is 14.4 Å². The van der Waals surface area contributed by atoms with Gasteiger partial charge in [-0.05, 0) is 87.3 Å². The van der Waals surface area contributed by atoms with Crippen LogP contribution in [0.1, 0.15) is 102 Å². The molecule has 0 aromatic heterocycles. The normalized spacial score (nSPS) is 17.4. The van der Waals surface area contributed by atoms with Crippen LogP contribution in [0.4, 0.5) is 16.2 Å². The molecule has 0 unspecified atom stereocenters. The summed E-state index contributed by atoms with van der Waals surface area (Å²) in [5.74, 6) is 1.21. The molecule has 0 radical (unpaired) electrons. The molecule has 5 N–H and O–H groups in total. The predicted octanol–water partition coefficient (Wildman–Crippen LogP) is 6.33. The summed E-state index contributed by atoms with van der Waals surface area (Å²) in [5, 5.41) is 15.5. The van der Waals surface area contributed by atoms with Crippen LogP contribution < -0.4 is 36.4 Å². The van der Waals surface area contributed by atoms with Gasteiger partial charge < -0.3 is 36.4 Å². The molecule has 4 rings (SSSR count). The lowest BCUT2D eigenvalue weighted by Gasteiger charge is -2.23. The maximum Gasteiger partial charge on any atom is 0.315 e. The molecular formula is C43H65N7O4S. The molecule has 0 bridgehead atoms. The third-order valence-corrected chi connectivity index (χ3v) is 11.8. The SMILES string of the molecule is CCN(CCCNC(=O)CCCCCNC(=O)CCCCCNC(=O)CCCC[C@@H]1SC[C@@H]2NC(=O)N[C@@H]21)c1ccc(/C=C/c2ccc(N(C)C)cc2)cc1. The Balaban J connectivity index is 0.920. The lowest BCUT2D eigenvalue weighted by Crippen LogP contribution is -2.36. The van der Waals surface area contributed by atoms with Gasteiger partial charge in [-0.3, -0.25) is 14.4 Å². The Morgan fingerprint density at radius 3 is 1.73 bits per heavy atom. The van der Waals surface area contributed by atoms with Gasteiger partial charge in [0.25, 0.3) is 0 Å². The highest BCUT2D eigenvalue weighted by Crippen LogP contribution is 2.33. The van der Waals surface area contributed by atoms with E-state index < -0.39 is 0 Å². The number of amides is 5. The van der Waals surface area contributed by atoms with E-state index in [2.05, 4.69) is 104 Å². The van der Waals surface area contributed by atoms with E-state index in [1.54, 1.807) is 0 Å². The van der Waals surface area contributed by atoms with Gasteiger partial charge in [-0.15, -0.1) is 0 Å². The number of urea groups is 1. The van der Waals surface area contributed by atoms with E-state index in [-0.39, 0.29) is 35.8 Å². The van der Waals surface area contributed by atoms with Gasteiger partial charge in [-0.2, -0.15) is 11.8 Å². The van der Waals surface area contributed by atoms with Crippen molar-refractivity contribution in [3.05, 3.63) is 59.7 Å². The molecule has 2 aliphatic heterocycles. The second-order valence-electron chi connectivity index (χ2n) is 14.9. The number of rotatable bonds is 26. The molecule has 2 heterocycles. The van der Waals surface area contributed by atoms with Crippen molar-refractivity contribution in [2.75, 3.05) is 62.4 Å². The third kappa shape index (κ3) is 16.2. The van der Waals surface area contributed by atoms with Gasteiger partial charge >= 0.3 is 6.03 Å². The van der Waals surface area contributed by atoms with Gasteiger partial charge in [0.05, 0.1) is 12.1 Å². The molecule has 3 atom stereocenters. The zero-order valence-electron chi connectivity index (χ0n) is 33.4. The average Bonchev–Trinajstić information content (AvgIpc) is 3.74. The van der Waals surface area contributed by atoms with Gasteiger partial charge in [0.1, 0.15) is 0 Å². The molecule has 0 saturated carbocycles. The van der Waals surface area contributed by atoms with Crippen molar-refractivity contribution in [1.82, 2.24) is 26.6 Å². The van der Waals surface area contributed by atoms with Gasteiger partial charge in [0.15, 0.2) is 0 Å². The number of anilines is 2. The number of carbonyl (C=O) groups excluding carboxylic acids is 4. The molecule has 2 aliphatic rings. The van der Waals surface area contributed by atoms with Crippen molar-refractivity contribution >= 4 is 59.0 Å². The minimum atomic E-state index is -0.0574. The number of fused-ring (bicyclic) bond motifs is 1. The maximum atomic E-state index is 12.4. The van der Waals surface area contributed by atoms with Crippen LogP contribution in [0.3, 0.4) is 0 Å². The largest absolute Gasteiger partial charge is 0.378 e. The summed E-state index contributed by atoms with van der Waals surface area (Å²) in [6.07, 6.45) is 14.7. The molecule has 5 amide bonds. The average molecular weight is 776 g/mol. The van der Waals surface area contributed by atoms with Crippen LogP contribution in [0.5, 0.6) is 0 Å². The Hall–Kier alpha value is -4.19. The number of thioether (sulfide) groups is 1. The zero-order chi connectivity index (χ0) is 39.3. The van der Waals surface area contributed by atoms with Crippen molar-refractivity contribution in [2.24, 2.45) is 0 Å². The van der Waals surface area contributed by atoms with Crippen LogP contribution in [0, 0.1) is 0 Å². The Morgan fingerprint density at radius 1 is 0.691 bits per heavy atom. The third-order valence-electron chi connectivity index (χ3n) is 10.3. The number of hydrogen-bond acceptors (Lipinski definition) is 7. The van der Waals surface area contributed by atoms with Gasteiger partial charge in [0, 0.05) is 88.5 Å². The molecule has 12 heteroatoms. The van der Waals surface area contributed by atoms with E-state index in [0.29, 0.717) is 44.1 Å². The van der Waals surface area contributed by atoms with Crippen LogP contribution in [0.25, 0.3) is 12.2 Å². The molecular weight excluding hydrogens is 711 g/mol. The molecule has 302 valence electrons. The molecule has 2 saturated heterocycles. The van der Waals surface area contributed by atoms with E-state index >= 15 is 0 Å². The number of hydrogen-bond donors (Lipinski definition) is 5. The summed E-state index contributed by atoms with van der Waals surface area (Å²) in [6, 6.07) is 17.5. The van der Waals surface area contributed by atoms with Crippen molar-refractivity contribution in [1.29, 1.82) is 0 Å². The highest BCUT2D eigenvalue weighted by molar-refractivity contribution is 8.00. The van der Waals surface area contributed by atoms with Crippen molar-refractivity contribution < 1.29 is 19.2 Å². The van der Waals surface area contributed by atoms with Gasteiger partial charge in [-0.25, -0.2) is 4.79 Å². The number of nitrogens with one attached hydrogen (secondary N) is 5. The Kier molecular flexibility index (Phi) is 19.3. The summed E-state index contributed by atoms with van der Waals surface area (Å²) in [6.45, 7) is 5.88. The number of nitrogens with zero attached hydrogens (tertiary/aromatic N) is 2. The number of carbonyl (C=O) groups is 4. The monoisotopic (exact) mass is 775 g/mol. The second-order valence-corrected chi connectivity index (χ2v) is 16.2. The fourth-order valence-corrected chi connectivity index (χ4v) is 8.55. The number of benzene rings is 2. The maximum absolute atomic E-state index is 12.4. The second kappa shape index (κ2) is 24.3. The summed E-state index contributed by atoms with van der Waals surface area (Å²) in [7, 11) is 4.09. The Labute approximate surface area is 333 Å². The van der Waals surface area contributed by atoms with E-state index in [0.717, 1.165) is 88.6 Å². The minimum Gasteiger partial charge on any atom is -0.378 e. The van der Waals surface area contributed by atoms with Crippen molar-refractivity contribution in [3.63, 3.8) is 0 Å². The molecule has 11 nitrogen and oxygen atoms in total. The first-order valence-electron chi connectivity index (χ1n) is 20.5. The topological polar surface area (TPSA) is 135 Å². The van der Waals surface area contributed by atoms with Crippen LogP contribution in [0.15, 0.2) is 48.5 Å². The van der Waals surface area contributed by atoms with E-state index in [1.165, 1.54) is 16.9 Å². The molecule has 2 aromatic carbocycles. The van der Waals surface area contributed by atoms with Gasteiger partial charge in [0.2, 0.25) is 17.7 Å². The lowest BCUT2D eigenvalue weighted by molar-refractivity contribution is -0.122. The summed E-state index contributed by atoms with van der Waals surface area (Å²) >= 11 is 1.91. The van der Waals surface area contributed by atoms with Crippen LogP contribution in [0.2, 0.25) is 0 Å². The highest BCUT2D eigenvalue weighted by atomic mass is 32.2. The summed E-state index contributed by atoms with van der Waals surface area (Å²) in [5.41, 5.74) is 4.71. The van der Waals surface area contributed by atoms with E-state index in [1.807, 2.05) is 25.9 Å². The smallest absolute Gasteiger partial charge is 0.315 e. The van der Waals surface area contributed by atoms with E-state index in [9.17, 15) is 19.2 Å². The van der Waals surface area contributed by atoms with Crippen molar-refractivity contribution in [2.45, 2.75) is 108 Å². The molecule has 0 aliphatic carbocycles. The van der Waals surface area contributed by atoms with Crippen LogP contribution in [-0.4, -0.2) is 93.7 Å². The zero-order valence-corrected chi connectivity index (χ0v) is 34.2. The Morgan fingerprint density at radius 2 is 1.20 bits per heavy atom.